The van der Waals surface area contributed by atoms with E-state index in [1.54, 1.807) is 23.2 Å². The van der Waals surface area contributed by atoms with Crippen LogP contribution in [0.5, 0.6) is 5.88 Å². The Bertz CT molecular complexity index is 683. The van der Waals surface area contributed by atoms with Crippen LogP contribution in [0.4, 0.5) is 0 Å². The summed E-state index contributed by atoms with van der Waals surface area (Å²) < 4.78 is 7.27. The summed E-state index contributed by atoms with van der Waals surface area (Å²) >= 11 is 0. The number of hydrogen-bond donors (Lipinski definition) is 1. The smallest absolute Gasteiger partial charge is 0.259 e. The van der Waals surface area contributed by atoms with Gasteiger partial charge in [0.25, 0.3) is 5.91 Å². The summed E-state index contributed by atoms with van der Waals surface area (Å²) in [5, 5.41) is 13.4. The van der Waals surface area contributed by atoms with Gasteiger partial charge in [-0.15, -0.1) is 0 Å². The highest BCUT2D eigenvalue weighted by atomic mass is 16.5. The molecule has 0 atom stereocenters. The lowest BCUT2D eigenvalue weighted by Crippen LogP contribution is -2.38. The lowest BCUT2D eigenvalue weighted by Gasteiger charge is -2.28. The third-order valence-electron chi connectivity index (χ3n) is 3.58. The summed E-state index contributed by atoms with van der Waals surface area (Å²) in [5.41, 5.74) is 2.02. The van der Waals surface area contributed by atoms with E-state index in [1.807, 2.05) is 17.7 Å². The van der Waals surface area contributed by atoms with Crippen LogP contribution in [0.15, 0.2) is 24.4 Å². The van der Waals surface area contributed by atoms with E-state index in [2.05, 4.69) is 10.1 Å². The normalized spacial score (nSPS) is 13.8. The molecular weight excluding hydrogens is 284 g/mol. The van der Waals surface area contributed by atoms with Gasteiger partial charge in [-0.1, -0.05) is 0 Å². The zero-order valence-electron chi connectivity index (χ0n) is 12.4. The number of fused-ring (bicyclic) bond motifs is 1. The number of hydrogen-bond acceptors (Lipinski definition) is 5. The van der Waals surface area contributed by atoms with Gasteiger partial charge in [-0.05, 0) is 25.1 Å². The quantitative estimate of drug-likeness (QED) is 0.904. The van der Waals surface area contributed by atoms with Gasteiger partial charge in [0.15, 0.2) is 0 Å². The predicted octanol–water partition coefficient (Wildman–Crippen LogP) is 0.825. The van der Waals surface area contributed by atoms with Crippen LogP contribution in [0.25, 0.3) is 0 Å². The second kappa shape index (κ2) is 6.15. The molecule has 0 spiro atoms. The average Bonchev–Trinajstić information content (AvgIpc) is 2.97. The summed E-state index contributed by atoms with van der Waals surface area (Å²) in [5.74, 6) is 0.264. The lowest BCUT2D eigenvalue weighted by atomic mass is 10.2. The summed E-state index contributed by atoms with van der Waals surface area (Å²) in [6, 6.07) is 5.28. The molecule has 0 unspecified atom stereocenters. The summed E-state index contributed by atoms with van der Waals surface area (Å²) in [6.07, 6.45) is 1.61. The van der Waals surface area contributed by atoms with E-state index in [1.165, 1.54) is 0 Å². The highest BCUT2D eigenvalue weighted by Gasteiger charge is 2.25. The predicted molar refractivity (Wildman–Crippen MR) is 78.3 cm³/mol. The Labute approximate surface area is 128 Å². The molecule has 7 nitrogen and oxygen atoms in total. The van der Waals surface area contributed by atoms with Gasteiger partial charge in [0.2, 0.25) is 5.88 Å². The molecule has 0 fully saturated rings. The standard InChI is InChI=1S/C15H18N4O3/c1-2-22-14-13(4-3-5-16-14)15(21)18-6-7-19-12(9-18)8-11(10-20)17-19/h3-5,8,20H,2,6-7,9-10H2,1H3. The number of carbonyl (C=O) groups excluding carboxylic acids is 1. The SMILES string of the molecule is CCOc1ncccc1C(=O)N1CCn2nc(CO)cc2C1. The van der Waals surface area contributed by atoms with E-state index in [4.69, 9.17) is 9.84 Å². The lowest BCUT2D eigenvalue weighted by molar-refractivity contribution is 0.0700. The van der Waals surface area contributed by atoms with Crippen molar-refractivity contribution < 1.29 is 14.6 Å². The molecule has 0 saturated heterocycles. The van der Waals surface area contributed by atoms with Crippen LogP contribution >= 0.6 is 0 Å². The molecule has 1 aliphatic heterocycles. The molecule has 0 radical (unpaired) electrons. The van der Waals surface area contributed by atoms with E-state index < -0.39 is 0 Å². The fourth-order valence-corrected chi connectivity index (χ4v) is 2.55. The molecule has 0 aromatic carbocycles. The first-order valence-electron chi connectivity index (χ1n) is 7.26. The minimum Gasteiger partial charge on any atom is -0.477 e. The maximum Gasteiger partial charge on any atom is 0.259 e. The van der Waals surface area contributed by atoms with Gasteiger partial charge in [0.05, 0.1) is 37.7 Å². The van der Waals surface area contributed by atoms with E-state index in [0.29, 0.717) is 43.4 Å². The Balaban J connectivity index is 1.82. The third kappa shape index (κ3) is 2.67. The fraction of sp³-hybridized carbons (Fsp3) is 0.400. The molecule has 0 aliphatic carbocycles. The number of nitrogens with zero attached hydrogens (tertiary/aromatic N) is 4. The number of ether oxygens (including phenoxy) is 1. The number of aliphatic hydroxyl groups is 1. The molecule has 1 amide bonds. The van der Waals surface area contributed by atoms with E-state index in [9.17, 15) is 4.79 Å². The molecule has 1 aliphatic rings. The molecular formula is C15H18N4O3. The van der Waals surface area contributed by atoms with Crippen LogP contribution in [0, 0.1) is 0 Å². The number of pyridine rings is 1. The van der Waals surface area contributed by atoms with Crippen LogP contribution in [0.1, 0.15) is 28.7 Å². The molecule has 1 N–H and O–H groups in total. The second-order valence-electron chi connectivity index (χ2n) is 5.02. The first kappa shape index (κ1) is 14.5. The Morgan fingerprint density at radius 3 is 3.09 bits per heavy atom. The molecule has 0 saturated carbocycles. The molecule has 2 aromatic heterocycles. The van der Waals surface area contributed by atoms with E-state index in [0.717, 1.165) is 5.69 Å². The van der Waals surface area contributed by atoms with Gasteiger partial charge < -0.3 is 14.7 Å². The van der Waals surface area contributed by atoms with Gasteiger partial charge in [0, 0.05) is 12.7 Å². The highest BCUT2D eigenvalue weighted by Crippen LogP contribution is 2.21. The minimum atomic E-state index is -0.102. The van der Waals surface area contributed by atoms with Crippen molar-refractivity contribution in [1.29, 1.82) is 0 Å². The van der Waals surface area contributed by atoms with Crippen LogP contribution < -0.4 is 4.74 Å². The van der Waals surface area contributed by atoms with Crippen LogP contribution in [0.2, 0.25) is 0 Å². The zero-order valence-corrected chi connectivity index (χ0v) is 12.4. The number of amides is 1. The van der Waals surface area contributed by atoms with Crippen molar-refractivity contribution in [3.05, 3.63) is 41.3 Å². The zero-order chi connectivity index (χ0) is 15.5. The van der Waals surface area contributed by atoms with Crippen molar-refractivity contribution >= 4 is 5.91 Å². The fourth-order valence-electron chi connectivity index (χ4n) is 2.55. The monoisotopic (exact) mass is 302 g/mol. The van der Waals surface area contributed by atoms with Crippen molar-refractivity contribution in [2.45, 2.75) is 26.6 Å². The summed E-state index contributed by atoms with van der Waals surface area (Å²) in [6.45, 7) is 3.88. The van der Waals surface area contributed by atoms with Crippen LogP contribution in [-0.2, 0) is 19.7 Å². The van der Waals surface area contributed by atoms with Gasteiger partial charge in [-0.3, -0.25) is 9.48 Å². The summed E-state index contributed by atoms with van der Waals surface area (Å²) in [4.78, 5) is 18.6. The van der Waals surface area contributed by atoms with Crippen molar-refractivity contribution in [2.75, 3.05) is 13.2 Å². The van der Waals surface area contributed by atoms with Crippen molar-refractivity contribution in [3.8, 4) is 5.88 Å². The largest absolute Gasteiger partial charge is 0.477 e. The van der Waals surface area contributed by atoms with E-state index >= 15 is 0 Å². The third-order valence-corrected chi connectivity index (χ3v) is 3.58. The molecule has 3 rings (SSSR count). The van der Waals surface area contributed by atoms with Crippen molar-refractivity contribution in [1.82, 2.24) is 19.7 Å². The number of aromatic nitrogens is 3. The first-order chi connectivity index (χ1) is 10.7. The Morgan fingerprint density at radius 2 is 2.32 bits per heavy atom. The molecule has 3 heterocycles. The van der Waals surface area contributed by atoms with Crippen LogP contribution in [0.3, 0.4) is 0 Å². The minimum absolute atomic E-state index is 0.0922. The van der Waals surface area contributed by atoms with Crippen molar-refractivity contribution in [3.63, 3.8) is 0 Å². The Morgan fingerprint density at radius 1 is 1.45 bits per heavy atom. The van der Waals surface area contributed by atoms with Gasteiger partial charge in [-0.25, -0.2) is 4.98 Å². The summed E-state index contributed by atoms with van der Waals surface area (Å²) in [7, 11) is 0. The number of rotatable bonds is 4. The van der Waals surface area contributed by atoms with Gasteiger partial charge in [0.1, 0.15) is 5.56 Å². The van der Waals surface area contributed by atoms with Crippen LogP contribution in [-0.4, -0.2) is 43.8 Å². The number of carbonyl (C=O) groups is 1. The average molecular weight is 302 g/mol. The Kier molecular flexibility index (Phi) is 4.06. The van der Waals surface area contributed by atoms with Crippen molar-refractivity contribution in [2.24, 2.45) is 0 Å². The van der Waals surface area contributed by atoms with Gasteiger partial charge in [-0.2, -0.15) is 5.10 Å². The first-order valence-corrected chi connectivity index (χ1v) is 7.26. The maximum atomic E-state index is 12.7. The van der Waals surface area contributed by atoms with Gasteiger partial charge >= 0.3 is 0 Å². The topological polar surface area (TPSA) is 80.5 Å². The number of aliphatic hydroxyl groups excluding tert-OH is 1. The second-order valence-corrected chi connectivity index (χ2v) is 5.02. The molecule has 0 bridgehead atoms. The maximum absolute atomic E-state index is 12.7. The molecule has 2 aromatic rings. The Hall–Kier alpha value is -2.41. The molecule has 7 heteroatoms. The van der Waals surface area contributed by atoms with E-state index in [-0.39, 0.29) is 12.5 Å². The highest BCUT2D eigenvalue weighted by molar-refractivity contribution is 5.96. The molecule has 22 heavy (non-hydrogen) atoms. The molecule has 116 valence electrons.